The Kier molecular flexibility index (Phi) is 7.72. The van der Waals surface area contributed by atoms with Crippen molar-refractivity contribution in [3.05, 3.63) is 45.7 Å². The molecule has 2 heterocycles. The van der Waals surface area contributed by atoms with Gasteiger partial charge in [-0.25, -0.2) is 9.97 Å². The first-order valence-electron chi connectivity index (χ1n) is 10.2. The molecule has 2 aromatic rings. The van der Waals surface area contributed by atoms with Crippen LogP contribution in [-0.4, -0.2) is 46.0 Å². The van der Waals surface area contributed by atoms with Crippen LogP contribution in [0.4, 0.5) is 5.69 Å². The molecular formula is C22H27ClN4O2S. The van der Waals surface area contributed by atoms with Crippen molar-refractivity contribution in [3.8, 4) is 0 Å². The Balaban J connectivity index is 1.60. The van der Waals surface area contributed by atoms with Crippen molar-refractivity contribution in [2.24, 2.45) is 0 Å². The minimum absolute atomic E-state index is 0.0442. The van der Waals surface area contributed by atoms with Crippen LogP contribution in [0, 0.1) is 13.8 Å². The van der Waals surface area contributed by atoms with Crippen molar-refractivity contribution < 1.29 is 9.59 Å². The number of hydrogen-bond acceptors (Lipinski definition) is 5. The smallest absolute Gasteiger partial charge is 0.255 e. The number of carbonyl (C=O) groups excluding carboxylic acids is 2. The number of halogens is 1. The van der Waals surface area contributed by atoms with E-state index in [4.69, 9.17) is 11.6 Å². The van der Waals surface area contributed by atoms with Crippen molar-refractivity contribution in [2.75, 3.05) is 24.7 Å². The summed E-state index contributed by atoms with van der Waals surface area (Å²) in [5, 5.41) is 3.97. The van der Waals surface area contributed by atoms with E-state index in [1.54, 1.807) is 18.2 Å². The Morgan fingerprint density at radius 3 is 2.40 bits per heavy atom. The third-order valence-corrected chi connectivity index (χ3v) is 6.17. The van der Waals surface area contributed by atoms with Crippen LogP contribution in [0.15, 0.2) is 23.4 Å². The van der Waals surface area contributed by atoms with Gasteiger partial charge in [0.1, 0.15) is 0 Å². The van der Waals surface area contributed by atoms with Crippen LogP contribution in [0.2, 0.25) is 5.02 Å². The first kappa shape index (κ1) is 22.6. The molecule has 1 aliphatic heterocycles. The molecule has 0 spiro atoms. The number of amides is 2. The highest BCUT2D eigenvalue weighted by Crippen LogP contribution is 2.24. The standard InChI is InChI=1S/C22H27ClN4O2S/c1-14-17(15(2)25-22(24-14)30-3)9-10-20(28)26-16-7-8-18(19(23)13-16)21(29)27-11-5-4-6-12-27/h7-8,13H,4-6,9-12H2,1-3H3,(H,26,28). The maximum absolute atomic E-state index is 12.7. The van der Waals surface area contributed by atoms with Gasteiger partial charge >= 0.3 is 0 Å². The Morgan fingerprint density at radius 2 is 1.80 bits per heavy atom. The fourth-order valence-electron chi connectivity index (χ4n) is 3.66. The highest BCUT2D eigenvalue weighted by molar-refractivity contribution is 7.98. The molecule has 0 radical (unpaired) electrons. The molecule has 1 aromatic heterocycles. The summed E-state index contributed by atoms with van der Waals surface area (Å²) in [4.78, 5) is 35.9. The second kappa shape index (κ2) is 10.3. The fourth-order valence-corrected chi connectivity index (χ4v) is 4.38. The second-order valence-electron chi connectivity index (χ2n) is 7.46. The van der Waals surface area contributed by atoms with Crippen molar-refractivity contribution >= 4 is 40.9 Å². The highest BCUT2D eigenvalue weighted by Gasteiger charge is 2.20. The number of carbonyl (C=O) groups is 2. The van der Waals surface area contributed by atoms with Gasteiger partial charge in [-0.1, -0.05) is 23.4 Å². The number of hydrogen-bond donors (Lipinski definition) is 1. The van der Waals surface area contributed by atoms with Crippen molar-refractivity contribution in [1.82, 2.24) is 14.9 Å². The monoisotopic (exact) mass is 446 g/mol. The number of rotatable bonds is 6. The van der Waals surface area contributed by atoms with Crippen LogP contribution < -0.4 is 5.32 Å². The lowest BCUT2D eigenvalue weighted by Crippen LogP contribution is -2.35. The summed E-state index contributed by atoms with van der Waals surface area (Å²) in [6.07, 6.45) is 6.04. The van der Waals surface area contributed by atoms with Crippen LogP contribution in [0.1, 0.15) is 53.0 Å². The number of aromatic nitrogens is 2. The molecule has 3 rings (SSSR count). The van der Waals surface area contributed by atoms with Gasteiger partial charge in [-0.15, -0.1) is 0 Å². The van der Waals surface area contributed by atoms with E-state index in [1.807, 2.05) is 25.0 Å². The zero-order chi connectivity index (χ0) is 21.7. The van der Waals surface area contributed by atoms with E-state index in [0.717, 1.165) is 54.5 Å². The van der Waals surface area contributed by atoms with E-state index in [2.05, 4.69) is 15.3 Å². The Morgan fingerprint density at radius 1 is 1.13 bits per heavy atom. The van der Waals surface area contributed by atoms with Gasteiger partial charge in [-0.3, -0.25) is 9.59 Å². The first-order chi connectivity index (χ1) is 14.4. The van der Waals surface area contributed by atoms with Gasteiger partial charge in [0.2, 0.25) is 5.91 Å². The quantitative estimate of drug-likeness (QED) is 0.515. The van der Waals surface area contributed by atoms with Gasteiger partial charge in [0.15, 0.2) is 5.16 Å². The second-order valence-corrected chi connectivity index (χ2v) is 8.64. The SMILES string of the molecule is CSc1nc(C)c(CCC(=O)Nc2ccc(C(=O)N3CCCCC3)c(Cl)c2)c(C)n1. The predicted octanol–water partition coefficient (Wildman–Crippen LogP) is 4.67. The van der Waals surface area contributed by atoms with Crippen molar-refractivity contribution in [3.63, 3.8) is 0 Å². The molecule has 0 atom stereocenters. The lowest BCUT2D eigenvalue weighted by Gasteiger charge is -2.27. The molecule has 1 saturated heterocycles. The lowest BCUT2D eigenvalue weighted by molar-refractivity contribution is -0.116. The average molecular weight is 447 g/mol. The highest BCUT2D eigenvalue weighted by atomic mass is 35.5. The number of anilines is 1. The molecule has 6 nitrogen and oxygen atoms in total. The average Bonchev–Trinajstić information content (AvgIpc) is 2.73. The van der Waals surface area contributed by atoms with Gasteiger partial charge in [-0.05, 0) is 69.5 Å². The third-order valence-electron chi connectivity index (χ3n) is 5.31. The Bertz CT molecular complexity index is 922. The summed E-state index contributed by atoms with van der Waals surface area (Å²) in [6.45, 7) is 5.43. The maximum Gasteiger partial charge on any atom is 0.255 e. The number of benzene rings is 1. The summed E-state index contributed by atoms with van der Waals surface area (Å²) in [5.74, 6) is -0.161. The molecule has 0 saturated carbocycles. The molecule has 160 valence electrons. The van der Waals surface area contributed by atoms with Gasteiger partial charge in [0, 0.05) is 36.6 Å². The minimum atomic E-state index is -0.117. The van der Waals surface area contributed by atoms with Crippen molar-refractivity contribution in [2.45, 2.75) is 51.1 Å². The van der Waals surface area contributed by atoms with Gasteiger partial charge in [0.25, 0.3) is 5.91 Å². The Hall–Kier alpha value is -2.12. The molecule has 30 heavy (non-hydrogen) atoms. The van der Waals surface area contributed by atoms with Gasteiger partial charge in [0.05, 0.1) is 10.6 Å². The first-order valence-corrected chi connectivity index (χ1v) is 11.8. The summed E-state index contributed by atoms with van der Waals surface area (Å²) < 4.78 is 0. The van der Waals surface area contributed by atoms with Crippen molar-refractivity contribution in [1.29, 1.82) is 0 Å². The Labute approximate surface area is 186 Å². The fraction of sp³-hybridized carbons (Fsp3) is 0.455. The molecule has 1 fully saturated rings. The van der Waals surface area contributed by atoms with E-state index in [0.29, 0.717) is 29.1 Å². The number of nitrogens with zero attached hydrogens (tertiary/aromatic N) is 3. The van der Waals surface area contributed by atoms with Crippen LogP contribution in [0.5, 0.6) is 0 Å². The van der Waals surface area contributed by atoms with E-state index >= 15 is 0 Å². The molecule has 1 N–H and O–H groups in total. The summed E-state index contributed by atoms with van der Waals surface area (Å²) >= 11 is 7.86. The number of piperidine rings is 1. The van der Waals surface area contributed by atoms with E-state index in [1.165, 1.54) is 11.8 Å². The normalized spacial score (nSPS) is 13.9. The van der Waals surface area contributed by atoms with E-state index in [-0.39, 0.29) is 11.8 Å². The number of aryl methyl sites for hydroxylation is 2. The van der Waals surface area contributed by atoms with E-state index in [9.17, 15) is 9.59 Å². The zero-order valence-corrected chi connectivity index (χ0v) is 19.2. The molecule has 8 heteroatoms. The summed E-state index contributed by atoms with van der Waals surface area (Å²) in [5.41, 5.74) is 3.88. The minimum Gasteiger partial charge on any atom is -0.339 e. The summed E-state index contributed by atoms with van der Waals surface area (Å²) in [6, 6.07) is 5.06. The summed E-state index contributed by atoms with van der Waals surface area (Å²) in [7, 11) is 0. The van der Waals surface area contributed by atoms with E-state index < -0.39 is 0 Å². The topological polar surface area (TPSA) is 75.2 Å². The molecule has 0 unspecified atom stereocenters. The lowest BCUT2D eigenvalue weighted by atomic mass is 10.1. The molecular weight excluding hydrogens is 420 g/mol. The van der Waals surface area contributed by atoms with Gasteiger partial charge < -0.3 is 10.2 Å². The van der Waals surface area contributed by atoms with Crippen LogP contribution in [0.25, 0.3) is 0 Å². The van der Waals surface area contributed by atoms with Crippen LogP contribution >= 0.6 is 23.4 Å². The van der Waals surface area contributed by atoms with Gasteiger partial charge in [-0.2, -0.15) is 0 Å². The molecule has 2 amide bonds. The molecule has 1 aliphatic rings. The number of thioether (sulfide) groups is 1. The van der Waals surface area contributed by atoms with Crippen LogP contribution in [0.3, 0.4) is 0 Å². The molecule has 1 aromatic carbocycles. The maximum atomic E-state index is 12.7. The zero-order valence-electron chi connectivity index (χ0n) is 17.6. The van der Waals surface area contributed by atoms with Crippen LogP contribution in [-0.2, 0) is 11.2 Å². The largest absolute Gasteiger partial charge is 0.339 e. The molecule has 0 bridgehead atoms. The number of likely N-dealkylation sites (tertiary alicyclic amines) is 1. The predicted molar refractivity (Wildman–Crippen MR) is 121 cm³/mol. The third kappa shape index (κ3) is 5.52. The molecule has 0 aliphatic carbocycles. The number of nitrogens with one attached hydrogen (secondary N) is 1.